The zero-order valence-electron chi connectivity index (χ0n) is 24.3. The maximum atomic E-state index is 12.4. The van der Waals surface area contributed by atoms with Crippen molar-refractivity contribution < 1.29 is 32.8 Å². The standard InChI is InChI=1S/C33H35NO7S/c1-22(2)17-18-34(42(5,37)38)26-14-11-24(12-15-26)27-20-30(39-3)31(32(36)33(27)40-4)25-13-16-29(28(35)19-25)41-21-23-9-7-6-8-10-23/h6-17,19-20,35-36H,18,21H2,1-5H3. The minimum absolute atomic E-state index is 0.0907. The highest BCUT2D eigenvalue weighted by molar-refractivity contribution is 7.92. The summed E-state index contributed by atoms with van der Waals surface area (Å²) in [6.45, 7) is 4.33. The quantitative estimate of drug-likeness (QED) is 0.186. The number of nitrogens with zero attached hydrogens (tertiary/aromatic N) is 1. The van der Waals surface area contributed by atoms with Crippen molar-refractivity contribution in [1.29, 1.82) is 0 Å². The summed E-state index contributed by atoms with van der Waals surface area (Å²) in [5.74, 6) is 0.595. The van der Waals surface area contributed by atoms with Crippen LogP contribution in [0.5, 0.6) is 28.7 Å². The summed E-state index contributed by atoms with van der Waals surface area (Å²) in [4.78, 5) is 0. The van der Waals surface area contributed by atoms with Crippen LogP contribution in [0.15, 0.2) is 90.5 Å². The van der Waals surface area contributed by atoms with Gasteiger partial charge in [0.1, 0.15) is 12.4 Å². The maximum Gasteiger partial charge on any atom is 0.232 e. The number of benzene rings is 4. The largest absolute Gasteiger partial charge is 0.504 e. The number of sulfonamides is 1. The lowest BCUT2D eigenvalue weighted by Crippen LogP contribution is -2.30. The van der Waals surface area contributed by atoms with Crippen LogP contribution in [-0.4, -0.2) is 45.7 Å². The topological polar surface area (TPSA) is 106 Å². The molecule has 0 saturated heterocycles. The third-order valence-electron chi connectivity index (χ3n) is 6.66. The fraction of sp³-hybridized carbons (Fsp3) is 0.212. The van der Waals surface area contributed by atoms with Crippen LogP contribution in [0.3, 0.4) is 0 Å². The van der Waals surface area contributed by atoms with E-state index in [1.54, 1.807) is 42.5 Å². The second-order valence-corrected chi connectivity index (χ2v) is 11.9. The highest BCUT2D eigenvalue weighted by Gasteiger charge is 2.23. The molecule has 42 heavy (non-hydrogen) atoms. The first-order valence-electron chi connectivity index (χ1n) is 13.2. The number of ether oxygens (including phenoxy) is 3. The van der Waals surface area contributed by atoms with E-state index in [4.69, 9.17) is 14.2 Å². The van der Waals surface area contributed by atoms with Gasteiger partial charge in [-0.1, -0.05) is 60.2 Å². The molecule has 0 amide bonds. The Kier molecular flexibility index (Phi) is 9.32. The number of aromatic hydroxyl groups is 2. The summed E-state index contributed by atoms with van der Waals surface area (Å²) in [5, 5.41) is 22.1. The molecule has 0 aliphatic carbocycles. The summed E-state index contributed by atoms with van der Waals surface area (Å²) >= 11 is 0. The molecule has 0 radical (unpaired) electrons. The monoisotopic (exact) mass is 589 g/mol. The number of allylic oxidation sites excluding steroid dienone is 1. The molecule has 220 valence electrons. The minimum Gasteiger partial charge on any atom is -0.504 e. The van der Waals surface area contributed by atoms with Gasteiger partial charge in [-0.15, -0.1) is 0 Å². The maximum absolute atomic E-state index is 12.4. The van der Waals surface area contributed by atoms with Gasteiger partial charge in [-0.05, 0) is 60.9 Å². The van der Waals surface area contributed by atoms with Crippen molar-refractivity contribution in [3.8, 4) is 51.0 Å². The predicted molar refractivity (Wildman–Crippen MR) is 166 cm³/mol. The number of hydrogen-bond donors (Lipinski definition) is 2. The van der Waals surface area contributed by atoms with E-state index in [0.717, 1.165) is 11.1 Å². The summed E-state index contributed by atoms with van der Waals surface area (Å²) in [5.41, 5.74) is 4.54. The van der Waals surface area contributed by atoms with Crippen LogP contribution in [0.4, 0.5) is 5.69 Å². The third-order valence-corrected chi connectivity index (χ3v) is 7.82. The van der Waals surface area contributed by atoms with Gasteiger partial charge in [0.25, 0.3) is 0 Å². The first-order chi connectivity index (χ1) is 20.0. The van der Waals surface area contributed by atoms with Crippen molar-refractivity contribution in [3.63, 3.8) is 0 Å². The number of rotatable bonds is 11. The van der Waals surface area contributed by atoms with Gasteiger partial charge in [0, 0.05) is 5.56 Å². The number of anilines is 1. The van der Waals surface area contributed by atoms with Gasteiger partial charge >= 0.3 is 0 Å². The van der Waals surface area contributed by atoms with Gasteiger partial charge in [0.05, 0.1) is 38.3 Å². The molecule has 0 aliphatic rings. The normalized spacial score (nSPS) is 11.1. The zero-order chi connectivity index (χ0) is 30.4. The van der Waals surface area contributed by atoms with E-state index in [1.165, 1.54) is 30.8 Å². The first kappa shape index (κ1) is 30.3. The van der Waals surface area contributed by atoms with Gasteiger partial charge in [-0.2, -0.15) is 0 Å². The van der Waals surface area contributed by atoms with Crippen LogP contribution in [0.2, 0.25) is 0 Å². The van der Waals surface area contributed by atoms with Crippen LogP contribution in [-0.2, 0) is 16.6 Å². The van der Waals surface area contributed by atoms with Gasteiger partial charge in [0.2, 0.25) is 10.0 Å². The highest BCUT2D eigenvalue weighted by Crippen LogP contribution is 2.50. The Balaban J connectivity index is 1.69. The van der Waals surface area contributed by atoms with Crippen LogP contribution in [0.25, 0.3) is 22.3 Å². The van der Waals surface area contributed by atoms with Gasteiger partial charge in [-0.25, -0.2) is 8.42 Å². The SMILES string of the molecule is COc1cc(-c2ccc(N(CC=C(C)C)S(C)(=O)=O)cc2)c(OC)c(O)c1-c1ccc(OCc2ccccc2)c(O)c1. The lowest BCUT2D eigenvalue weighted by atomic mass is 9.96. The molecular weight excluding hydrogens is 554 g/mol. The Morgan fingerprint density at radius 2 is 1.52 bits per heavy atom. The van der Waals surface area contributed by atoms with E-state index in [0.29, 0.717) is 46.0 Å². The number of phenolic OH excluding ortho intramolecular Hbond substituents is 2. The van der Waals surface area contributed by atoms with Crippen LogP contribution in [0.1, 0.15) is 19.4 Å². The van der Waals surface area contributed by atoms with Crippen molar-refractivity contribution in [2.24, 2.45) is 0 Å². The van der Waals surface area contributed by atoms with E-state index >= 15 is 0 Å². The second-order valence-electron chi connectivity index (χ2n) is 9.96. The summed E-state index contributed by atoms with van der Waals surface area (Å²) in [6, 6.07) is 23.1. The van der Waals surface area contributed by atoms with Gasteiger partial charge in [-0.3, -0.25) is 4.31 Å². The van der Waals surface area contributed by atoms with Crippen LogP contribution >= 0.6 is 0 Å². The smallest absolute Gasteiger partial charge is 0.232 e. The zero-order valence-corrected chi connectivity index (χ0v) is 25.1. The van der Waals surface area contributed by atoms with E-state index in [-0.39, 0.29) is 23.8 Å². The molecule has 4 rings (SSSR count). The van der Waals surface area contributed by atoms with Crippen molar-refractivity contribution in [1.82, 2.24) is 0 Å². The van der Waals surface area contributed by atoms with E-state index < -0.39 is 10.0 Å². The molecule has 0 aromatic heterocycles. The summed E-state index contributed by atoms with van der Waals surface area (Å²) < 4.78 is 43.3. The number of phenols is 2. The van der Waals surface area contributed by atoms with Crippen molar-refractivity contribution in [3.05, 3.63) is 96.1 Å². The lowest BCUT2D eigenvalue weighted by molar-refractivity contribution is 0.289. The Morgan fingerprint density at radius 3 is 2.10 bits per heavy atom. The molecule has 0 aliphatic heterocycles. The van der Waals surface area contributed by atoms with Gasteiger partial charge < -0.3 is 24.4 Å². The molecule has 4 aromatic rings. The van der Waals surface area contributed by atoms with Crippen molar-refractivity contribution in [2.75, 3.05) is 31.3 Å². The molecule has 9 heteroatoms. The third kappa shape index (κ3) is 6.80. The molecule has 0 unspecified atom stereocenters. The molecule has 0 bridgehead atoms. The first-order valence-corrected chi connectivity index (χ1v) is 15.1. The van der Waals surface area contributed by atoms with E-state index in [9.17, 15) is 18.6 Å². The second kappa shape index (κ2) is 12.9. The lowest BCUT2D eigenvalue weighted by Gasteiger charge is -2.22. The molecular formula is C33H35NO7S. The fourth-order valence-electron chi connectivity index (χ4n) is 4.52. The Labute approximate surface area is 247 Å². The summed E-state index contributed by atoms with van der Waals surface area (Å²) in [6.07, 6.45) is 3.02. The fourth-order valence-corrected chi connectivity index (χ4v) is 5.37. The molecule has 0 saturated carbocycles. The molecule has 0 fully saturated rings. The molecule has 8 nitrogen and oxygen atoms in total. The molecule has 0 atom stereocenters. The highest BCUT2D eigenvalue weighted by atomic mass is 32.2. The Morgan fingerprint density at radius 1 is 0.857 bits per heavy atom. The minimum atomic E-state index is -3.51. The molecule has 0 heterocycles. The predicted octanol–water partition coefficient (Wildman–Crippen LogP) is 6.76. The van der Waals surface area contributed by atoms with Crippen molar-refractivity contribution >= 4 is 15.7 Å². The van der Waals surface area contributed by atoms with Crippen LogP contribution < -0.4 is 18.5 Å². The average molecular weight is 590 g/mol. The van der Waals surface area contributed by atoms with Crippen LogP contribution in [0, 0.1) is 0 Å². The van der Waals surface area contributed by atoms with E-state index in [2.05, 4.69) is 0 Å². The van der Waals surface area contributed by atoms with Crippen molar-refractivity contribution in [2.45, 2.75) is 20.5 Å². The molecule has 2 N–H and O–H groups in total. The summed E-state index contributed by atoms with van der Waals surface area (Å²) in [7, 11) is -0.569. The number of methoxy groups -OCH3 is 2. The average Bonchev–Trinajstić information content (AvgIpc) is 2.96. The Hall–Kier alpha value is -4.63. The Bertz CT molecular complexity index is 1680. The van der Waals surface area contributed by atoms with E-state index in [1.807, 2.05) is 50.3 Å². The number of hydrogen-bond acceptors (Lipinski definition) is 7. The molecule has 4 aromatic carbocycles. The molecule has 0 spiro atoms. The van der Waals surface area contributed by atoms with Gasteiger partial charge in [0.15, 0.2) is 23.0 Å².